The normalized spacial score (nSPS) is 12.2. The monoisotopic (exact) mass is 265 g/mol. The lowest BCUT2D eigenvalue weighted by atomic mass is 10.1. The van der Waals surface area contributed by atoms with E-state index in [9.17, 15) is 4.79 Å². The molecule has 0 bridgehead atoms. The first-order valence-corrected chi connectivity index (χ1v) is 7.14. The Morgan fingerprint density at radius 3 is 2.67 bits per heavy atom. The third-order valence-electron chi connectivity index (χ3n) is 3.23. The lowest BCUT2D eigenvalue weighted by Crippen LogP contribution is -2.39. The molecule has 0 saturated carbocycles. The minimum atomic E-state index is 0.119. The second kappa shape index (κ2) is 7.47. The van der Waals surface area contributed by atoms with Crippen molar-refractivity contribution in [1.82, 2.24) is 4.90 Å². The molecule has 0 heterocycles. The predicted molar refractivity (Wildman–Crippen MR) is 79.4 cm³/mol. The number of unbranched alkanes of at least 4 members (excludes halogenated alkanes) is 1. The summed E-state index contributed by atoms with van der Waals surface area (Å²) >= 11 is 4.29. The van der Waals surface area contributed by atoms with E-state index in [0.717, 1.165) is 36.3 Å². The van der Waals surface area contributed by atoms with Crippen LogP contribution in [-0.4, -0.2) is 23.4 Å². The molecule has 0 fully saturated rings. The summed E-state index contributed by atoms with van der Waals surface area (Å²) in [6, 6.07) is 7.76. The summed E-state index contributed by atoms with van der Waals surface area (Å²) < 4.78 is 0. The Morgan fingerprint density at radius 2 is 2.11 bits per heavy atom. The van der Waals surface area contributed by atoms with Crippen molar-refractivity contribution in [3.8, 4) is 0 Å². The highest BCUT2D eigenvalue weighted by Crippen LogP contribution is 2.15. The van der Waals surface area contributed by atoms with Crippen LogP contribution in [0.5, 0.6) is 0 Å². The largest absolute Gasteiger partial charge is 0.336 e. The summed E-state index contributed by atoms with van der Waals surface area (Å²) in [6.07, 6.45) is 3.14. The molecule has 100 valence electrons. The van der Waals surface area contributed by atoms with Gasteiger partial charge >= 0.3 is 0 Å². The zero-order chi connectivity index (χ0) is 13.5. The summed E-state index contributed by atoms with van der Waals surface area (Å²) in [4.78, 5) is 15.3. The van der Waals surface area contributed by atoms with Crippen molar-refractivity contribution in [2.45, 2.75) is 51.0 Å². The molecule has 1 amide bonds. The van der Waals surface area contributed by atoms with E-state index >= 15 is 0 Å². The van der Waals surface area contributed by atoms with Gasteiger partial charge in [0.05, 0.1) is 0 Å². The highest BCUT2D eigenvalue weighted by Gasteiger charge is 2.19. The summed E-state index contributed by atoms with van der Waals surface area (Å²) in [6.45, 7) is 7.21. The van der Waals surface area contributed by atoms with Gasteiger partial charge in [0.15, 0.2) is 0 Å². The standard InChI is InChI=1S/C15H23NOS/c1-4-6-10-16(12(3)5-2)15(17)13-8-7-9-14(18)11-13/h7-9,11-12,18H,4-6,10H2,1-3H3. The number of hydrogen-bond donors (Lipinski definition) is 1. The number of carbonyl (C=O) groups excluding carboxylic acids is 1. The van der Waals surface area contributed by atoms with Gasteiger partial charge in [-0.25, -0.2) is 0 Å². The van der Waals surface area contributed by atoms with Gasteiger partial charge in [0.2, 0.25) is 0 Å². The van der Waals surface area contributed by atoms with Gasteiger partial charge in [0.25, 0.3) is 5.91 Å². The number of benzene rings is 1. The highest BCUT2D eigenvalue weighted by molar-refractivity contribution is 7.80. The van der Waals surface area contributed by atoms with E-state index in [2.05, 4.69) is 33.4 Å². The maximum absolute atomic E-state index is 12.5. The van der Waals surface area contributed by atoms with Crippen LogP contribution in [0.4, 0.5) is 0 Å². The molecule has 0 saturated heterocycles. The molecule has 0 aliphatic carbocycles. The second-order valence-electron chi connectivity index (χ2n) is 4.66. The van der Waals surface area contributed by atoms with Gasteiger partial charge < -0.3 is 4.90 Å². The zero-order valence-electron chi connectivity index (χ0n) is 11.5. The van der Waals surface area contributed by atoms with Gasteiger partial charge in [0, 0.05) is 23.0 Å². The third-order valence-corrected chi connectivity index (χ3v) is 3.51. The van der Waals surface area contributed by atoms with Crippen LogP contribution in [0, 0.1) is 0 Å². The molecule has 1 aromatic rings. The van der Waals surface area contributed by atoms with E-state index in [4.69, 9.17) is 0 Å². The van der Waals surface area contributed by atoms with Gasteiger partial charge in [0.1, 0.15) is 0 Å². The average molecular weight is 265 g/mol. The van der Waals surface area contributed by atoms with Crippen LogP contribution in [-0.2, 0) is 0 Å². The molecule has 1 unspecified atom stereocenters. The van der Waals surface area contributed by atoms with E-state index in [1.807, 2.05) is 29.2 Å². The molecule has 3 heteroatoms. The van der Waals surface area contributed by atoms with Crippen molar-refractivity contribution in [2.75, 3.05) is 6.54 Å². The molecule has 0 radical (unpaired) electrons. The number of nitrogens with zero attached hydrogens (tertiary/aromatic N) is 1. The lowest BCUT2D eigenvalue weighted by Gasteiger charge is -2.28. The molecule has 0 aliphatic rings. The fourth-order valence-electron chi connectivity index (χ4n) is 1.88. The number of amides is 1. The molecule has 0 aromatic heterocycles. The van der Waals surface area contributed by atoms with Crippen molar-refractivity contribution in [3.05, 3.63) is 29.8 Å². The summed E-state index contributed by atoms with van der Waals surface area (Å²) in [7, 11) is 0. The summed E-state index contributed by atoms with van der Waals surface area (Å²) in [5.74, 6) is 0.119. The fraction of sp³-hybridized carbons (Fsp3) is 0.533. The topological polar surface area (TPSA) is 20.3 Å². The molecular weight excluding hydrogens is 242 g/mol. The van der Waals surface area contributed by atoms with Crippen LogP contribution in [0.2, 0.25) is 0 Å². The quantitative estimate of drug-likeness (QED) is 0.770. The number of rotatable bonds is 6. The molecule has 1 rings (SSSR count). The summed E-state index contributed by atoms with van der Waals surface area (Å²) in [5, 5.41) is 0. The summed E-state index contributed by atoms with van der Waals surface area (Å²) in [5.41, 5.74) is 0.735. The molecule has 2 nitrogen and oxygen atoms in total. The Hall–Kier alpha value is -0.960. The Bertz CT molecular complexity index is 392. The van der Waals surface area contributed by atoms with Crippen LogP contribution in [0.15, 0.2) is 29.2 Å². The Balaban J connectivity index is 2.87. The van der Waals surface area contributed by atoms with Gasteiger partial charge in [-0.1, -0.05) is 26.3 Å². The van der Waals surface area contributed by atoms with Gasteiger partial charge in [-0.05, 0) is 38.0 Å². The maximum Gasteiger partial charge on any atom is 0.254 e. The molecule has 18 heavy (non-hydrogen) atoms. The van der Waals surface area contributed by atoms with Crippen molar-refractivity contribution in [3.63, 3.8) is 0 Å². The van der Waals surface area contributed by atoms with Gasteiger partial charge in [-0.15, -0.1) is 12.6 Å². The van der Waals surface area contributed by atoms with E-state index < -0.39 is 0 Å². The minimum absolute atomic E-state index is 0.119. The Labute approximate surface area is 116 Å². The first-order valence-electron chi connectivity index (χ1n) is 6.70. The van der Waals surface area contributed by atoms with Crippen LogP contribution >= 0.6 is 12.6 Å². The van der Waals surface area contributed by atoms with Gasteiger partial charge in [-0.2, -0.15) is 0 Å². The van der Waals surface area contributed by atoms with Crippen molar-refractivity contribution < 1.29 is 4.79 Å². The zero-order valence-corrected chi connectivity index (χ0v) is 12.4. The minimum Gasteiger partial charge on any atom is -0.336 e. The van der Waals surface area contributed by atoms with E-state index in [-0.39, 0.29) is 11.9 Å². The number of hydrogen-bond acceptors (Lipinski definition) is 2. The SMILES string of the molecule is CCCCN(C(=O)c1cccc(S)c1)C(C)CC. The fourth-order valence-corrected chi connectivity index (χ4v) is 2.10. The van der Waals surface area contributed by atoms with Crippen LogP contribution in [0.1, 0.15) is 50.4 Å². The Kier molecular flexibility index (Phi) is 6.27. The van der Waals surface area contributed by atoms with Crippen molar-refractivity contribution >= 4 is 18.5 Å². The van der Waals surface area contributed by atoms with Crippen LogP contribution < -0.4 is 0 Å². The van der Waals surface area contributed by atoms with Crippen molar-refractivity contribution in [2.24, 2.45) is 0 Å². The third kappa shape index (κ3) is 4.05. The smallest absolute Gasteiger partial charge is 0.254 e. The second-order valence-corrected chi connectivity index (χ2v) is 5.18. The molecule has 0 aliphatic heterocycles. The molecule has 0 N–H and O–H groups in total. The molecule has 0 spiro atoms. The number of thiol groups is 1. The van der Waals surface area contributed by atoms with E-state index in [1.54, 1.807) is 0 Å². The van der Waals surface area contributed by atoms with E-state index in [1.165, 1.54) is 0 Å². The van der Waals surface area contributed by atoms with E-state index in [0.29, 0.717) is 0 Å². The average Bonchev–Trinajstić information content (AvgIpc) is 2.38. The molecule has 1 aromatic carbocycles. The Morgan fingerprint density at radius 1 is 1.39 bits per heavy atom. The lowest BCUT2D eigenvalue weighted by molar-refractivity contribution is 0.0685. The van der Waals surface area contributed by atoms with Crippen LogP contribution in [0.3, 0.4) is 0 Å². The number of carbonyl (C=O) groups is 1. The highest BCUT2D eigenvalue weighted by atomic mass is 32.1. The first kappa shape index (κ1) is 15.1. The molecular formula is C15H23NOS. The maximum atomic E-state index is 12.5. The predicted octanol–water partition coefficient (Wildman–Crippen LogP) is 4.02. The molecule has 1 atom stereocenters. The van der Waals surface area contributed by atoms with Crippen LogP contribution in [0.25, 0.3) is 0 Å². The first-order chi connectivity index (χ1) is 8.60. The van der Waals surface area contributed by atoms with Gasteiger partial charge in [-0.3, -0.25) is 4.79 Å². The van der Waals surface area contributed by atoms with Crippen molar-refractivity contribution in [1.29, 1.82) is 0 Å².